The molecule has 0 atom stereocenters. The molecular weight excluding hydrogens is 457 g/mol. The van der Waals surface area contributed by atoms with Crippen LogP contribution in [0.3, 0.4) is 0 Å². The Labute approximate surface area is 194 Å². The summed E-state index contributed by atoms with van der Waals surface area (Å²) in [6.07, 6.45) is 8.61. The van der Waals surface area contributed by atoms with Crippen molar-refractivity contribution in [3.8, 4) is 0 Å². The van der Waals surface area contributed by atoms with Crippen LogP contribution in [0, 0.1) is 0 Å². The van der Waals surface area contributed by atoms with Gasteiger partial charge in [0.2, 0.25) is 0 Å². The first-order chi connectivity index (χ1) is 13.5. The average molecular weight is 477 g/mol. The van der Waals surface area contributed by atoms with Gasteiger partial charge in [-0.3, -0.25) is 0 Å². The fraction of sp³-hybridized carbons (Fsp3) is 0.182. The summed E-state index contributed by atoms with van der Waals surface area (Å²) in [5, 5.41) is 7.70. The van der Waals surface area contributed by atoms with Gasteiger partial charge in [-0.25, -0.2) is 0 Å². The third kappa shape index (κ3) is 3.44. The van der Waals surface area contributed by atoms with Crippen LogP contribution in [0.15, 0.2) is 65.8 Å². The van der Waals surface area contributed by atoms with Crippen molar-refractivity contribution in [1.29, 1.82) is 0 Å². The minimum absolute atomic E-state index is 0.918. The molecule has 0 amide bonds. The largest absolute Gasteiger partial charge is 0.142 e. The second-order valence-electron chi connectivity index (χ2n) is 6.39. The third-order valence-electron chi connectivity index (χ3n) is 5.03. The van der Waals surface area contributed by atoms with Gasteiger partial charge in [0.05, 0.1) is 0 Å². The summed E-state index contributed by atoms with van der Waals surface area (Å²) in [6.45, 7) is 0. The van der Waals surface area contributed by atoms with Gasteiger partial charge in [-0.1, -0.05) is 0 Å². The second-order valence-corrected chi connectivity index (χ2v) is 10.7. The molecule has 144 valence electrons. The number of benzene rings is 4. The molecule has 0 fully saturated rings. The van der Waals surface area contributed by atoms with Gasteiger partial charge in [-0.05, 0) is 93.7 Å². The van der Waals surface area contributed by atoms with E-state index in [2.05, 4.69) is 86.7 Å². The van der Waals surface area contributed by atoms with E-state index < -0.39 is 0 Å². The molecule has 0 saturated heterocycles. The van der Waals surface area contributed by atoms with E-state index in [9.17, 15) is 0 Å². The van der Waals surface area contributed by atoms with E-state index in [0.717, 1.165) is 9.79 Å². The summed E-state index contributed by atoms with van der Waals surface area (Å²) in [5.41, 5.74) is 0. The first-order valence-corrected chi connectivity index (χ1v) is 14.4. The fourth-order valence-electron chi connectivity index (χ4n) is 3.67. The van der Waals surface area contributed by atoms with Crippen molar-refractivity contribution in [3.05, 3.63) is 36.4 Å². The van der Waals surface area contributed by atoms with Crippen molar-refractivity contribution in [2.24, 2.45) is 0 Å². The van der Waals surface area contributed by atoms with Gasteiger partial charge in [0.25, 0.3) is 0 Å². The molecule has 0 nitrogen and oxygen atoms in total. The van der Waals surface area contributed by atoms with Crippen molar-refractivity contribution in [2.45, 2.75) is 29.4 Å². The molecular formula is C22H20S6. The zero-order chi connectivity index (χ0) is 20.0. The Kier molecular flexibility index (Phi) is 6.36. The minimum Gasteiger partial charge on any atom is -0.142 e. The van der Waals surface area contributed by atoms with Gasteiger partial charge in [0, 0.05) is 29.4 Å². The number of fused-ring (bicyclic) bond motifs is 6. The highest BCUT2D eigenvalue weighted by molar-refractivity contribution is 8.02. The van der Waals surface area contributed by atoms with Gasteiger partial charge >= 0.3 is 0 Å². The van der Waals surface area contributed by atoms with Crippen molar-refractivity contribution < 1.29 is 0 Å². The summed E-state index contributed by atoms with van der Waals surface area (Å²) in [7, 11) is 0. The van der Waals surface area contributed by atoms with Gasteiger partial charge in [0.15, 0.2) is 0 Å². The normalized spacial score (nSPS) is 11.8. The number of thiol groups is 2. The molecule has 0 N–H and O–H groups in total. The molecule has 0 radical (unpaired) electrons. The highest BCUT2D eigenvalue weighted by Gasteiger charge is 2.15. The van der Waals surface area contributed by atoms with E-state index >= 15 is 0 Å². The molecule has 6 heteroatoms. The van der Waals surface area contributed by atoms with Gasteiger partial charge in [-0.2, -0.15) is 0 Å². The van der Waals surface area contributed by atoms with E-state index in [1.54, 1.807) is 0 Å². The molecule has 4 aromatic rings. The van der Waals surface area contributed by atoms with Crippen LogP contribution in [-0.2, 0) is 0 Å². The molecule has 0 spiro atoms. The van der Waals surface area contributed by atoms with E-state index in [1.165, 1.54) is 51.9 Å². The topological polar surface area (TPSA) is 0 Å². The van der Waals surface area contributed by atoms with Crippen molar-refractivity contribution in [1.82, 2.24) is 0 Å². The summed E-state index contributed by atoms with van der Waals surface area (Å²) in [6, 6.07) is 13.8. The Hall–Kier alpha value is -0.240. The van der Waals surface area contributed by atoms with Crippen LogP contribution in [0.25, 0.3) is 32.3 Å². The zero-order valence-electron chi connectivity index (χ0n) is 16.0. The summed E-state index contributed by atoms with van der Waals surface area (Å²) in [4.78, 5) is 7.14. The number of rotatable bonds is 4. The maximum absolute atomic E-state index is 4.66. The second kappa shape index (κ2) is 8.48. The molecule has 0 bridgehead atoms. The van der Waals surface area contributed by atoms with Crippen LogP contribution in [-0.4, -0.2) is 25.0 Å². The highest BCUT2D eigenvalue weighted by Crippen LogP contribution is 2.44. The minimum atomic E-state index is 0.918. The molecule has 4 rings (SSSR count). The molecule has 0 aliphatic heterocycles. The quantitative estimate of drug-likeness (QED) is 0.172. The first-order valence-electron chi connectivity index (χ1n) is 8.61. The molecule has 0 heterocycles. The lowest BCUT2D eigenvalue weighted by molar-refractivity contribution is 1.27. The monoisotopic (exact) mass is 476 g/mol. The SMILES string of the molecule is CSc1cc2c3cc(S)c(S)cc3c3cc(SC)c(SC)cc3c2cc1SC. The molecule has 0 aliphatic rings. The average Bonchev–Trinajstić information content (AvgIpc) is 2.73. The standard InChI is InChI=1S/C22H20S6/c1-25-19-7-13-11-5-17(23)18(24)6-12(11)14-8-20(26-2)22(28-4)10-16(14)15(13)9-21(19)27-3/h5-10,23-24H,1-4H3. The maximum atomic E-state index is 4.66. The molecule has 4 aromatic carbocycles. The van der Waals surface area contributed by atoms with E-state index in [1.807, 2.05) is 47.0 Å². The maximum Gasteiger partial charge on any atom is 0.0212 e. The van der Waals surface area contributed by atoms with Crippen LogP contribution in [0.4, 0.5) is 0 Å². The number of hydrogen-bond donors (Lipinski definition) is 2. The van der Waals surface area contributed by atoms with Crippen molar-refractivity contribution >= 4 is 105 Å². The first kappa shape index (κ1) is 21.0. The van der Waals surface area contributed by atoms with Crippen LogP contribution < -0.4 is 0 Å². The smallest absolute Gasteiger partial charge is 0.0212 e. The van der Waals surface area contributed by atoms with E-state index in [-0.39, 0.29) is 0 Å². The van der Waals surface area contributed by atoms with E-state index in [4.69, 9.17) is 0 Å². The lowest BCUT2D eigenvalue weighted by Crippen LogP contribution is -1.89. The Morgan fingerprint density at radius 3 is 0.857 bits per heavy atom. The Balaban J connectivity index is 2.31. The predicted octanol–water partition coefficient (Wildman–Crippen LogP) is 8.61. The van der Waals surface area contributed by atoms with Crippen molar-refractivity contribution in [2.75, 3.05) is 25.0 Å². The van der Waals surface area contributed by atoms with Crippen LogP contribution in [0.1, 0.15) is 0 Å². The third-order valence-corrected chi connectivity index (χ3v) is 9.32. The molecule has 0 unspecified atom stereocenters. The predicted molar refractivity (Wildman–Crippen MR) is 141 cm³/mol. The summed E-state index contributed by atoms with van der Waals surface area (Å²) in [5.74, 6) is 0. The summed E-state index contributed by atoms with van der Waals surface area (Å²) < 4.78 is 0. The summed E-state index contributed by atoms with van der Waals surface area (Å²) >= 11 is 16.6. The molecule has 0 aromatic heterocycles. The lowest BCUT2D eigenvalue weighted by Gasteiger charge is -2.17. The van der Waals surface area contributed by atoms with Gasteiger partial charge in [-0.15, -0.1) is 72.3 Å². The van der Waals surface area contributed by atoms with Gasteiger partial charge < -0.3 is 0 Å². The van der Waals surface area contributed by atoms with Crippen LogP contribution in [0.2, 0.25) is 0 Å². The van der Waals surface area contributed by atoms with Gasteiger partial charge in [0.1, 0.15) is 0 Å². The van der Waals surface area contributed by atoms with E-state index in [0.29, 0.717) is 0 Å². The highest BCUT2D eigenvalue weighted by atomic mass is 32.2. The Morgan fingerprint density at radius 1 is 0.429 bits per heavy atom. The number of thioether (sulfide) groups is 4. The zero-order valence-corrected chi connectivity index (χ0v) is 21.0. The fourth-order valence-corrected chi connectivity index (χ4v) is 7.04. The molecule has 0 saturated carbocycles. The Morgan fingerprint density at radius 2 is 0.643 bits per heavy atom. The van der Waals surface area contributed by atoms with Crippen molar-refractivity contribution in [3.63, 3.8) is 0 Å². The van der Waals surface area contributed by atoms with Crippen LogP contribution in [0.5, 0.6) is 0 Å². The molecule has 0 aliphatic carbocycles. The molecule has 28 heavy (non-hydrogen) atoms. The van der Waals surface area contributed by atoms with Crippen LogP contribution >= 0.6 is 72.3 Å². The lowest BCUT2D eigenvalue weighted by atomic mass is 9.94. The Bertz CT molecular complexity index is 1130. The number of hydrogen-bond acceptors (Lipinski definition) is 6.